The van der Waals surface area contributed by atoms with E-state index in [1.807, 2.05) is 24.3 Å². The van der Waals surface area contributed by atoms with Gasteiger partial charge in [-0.15, -0.1) is 0 Å². The van der Waals surface area contributed by atoms with Crippen molar-refractivity contribution in [3.63, 3.8) is 0 Å². The van der Waals surface area contributed by atoms with Crippen molar-refractivity contribution in [3.05, 3.63) is 59.7 Å². The molecule has 0 radical (unpaired) electrons. The van der Waals surface area contributed by atoms with Gasteiger partial charge in [0.2, 0.25) is 0 Å². The minimum Gasteiger partial charge on any atom is -0.482 e. The fourth-order valence-corrected chi connectivity index (χ4v) is 6.75. The third-order valence-corrected chi connectivity index (χ3v) is 9.43. The Hall–Kier alpha value is -3.02. The number of carbonyl (C=O) groups is 2. The van der Waals surface area contributed by atoms with Crippen molar-refractivity contribution in [1.82, 2.24) is 0 Å². The van der Waals surface area contributed by atoms with E-state index in [2.05, 4.69) is 47.6 Å². The summed E-state index contributed by atoms with van der Waals surface area (Å²) in [4.78, 5) is 22.6. The number of carbonyl (C=O) groups excluding carboxylic acids is 2. The quantitative estimate of drug-likeness (QED) is 0.303. The van der Waals surface area contributed by atoms with Crippen molar-refractivity contribution >= 4 is 11.9 Å². The van der Waals surface area contributed by atoms with Gasteiger partial charge < -0.3 is 18.9 Å². The molecule has 2 aliphatic carbocycles. The second-order valence-corrected chi connectivity index (χ2v) is 11.8. The van der Waals surface area contributed by atoms with Gasteiger partial charge in [-0.25, -0.2) is 9.59 Å². The molecule has 2 aromatic carbocycles. The van der Waals surface area contributed by atoms with Crippen molar-refractivity contribution in [1.29, 1.82) is 0 Å². The Bertz CT molecular complexity index is 973. The molecule has 2 fully saturated rings. The van der Waals surface area contributed by atoms with E-state index < -0.39 is 0 Å². The molecular formula is C33H44O6. The highest BCUT2D eigenvalue weighted by molar-refractivity contribution is 5.71. The summed E-state index contributed by atoms with van der Waals surface area (Å²) in [5, 5.41) is 0. The van der Waals surface area contributed by atoms with Gasteiger partial charge in [-0.3, -0.25) is 0 Å². The van der Waals surface area contributed by atoms with Crippen molar-refractivity contribution < 1.29 is 28.5 Å². The maximum Gasteiger partial charge on any atom is 0.343 e. The van der Waals surface area contributed by atoms with Gasteiger partial charge >= 0.3 is 11.9 Å². The number of benzene rings is 2. The molecule has 0 aromatic heterocycles. The largest absolute Gasteiger partial charge is 0.482 e. The molecule has 2 aromatic rings. The summed E-state index contributed by atoms with van der Waals surface area (Å²) in [5.41, 5.74) is 3.10. The van der Waals surface area contributed by atoms with Gasteiger partial charge in [0.1, 0.15) is 11.5 Å². The van der Waals surface area contributed by atoms with Crippen molar-refractivity contribution in [2.75, 3.05) is 27.4 Å². The van der Waals surface area contributed by atoms with E-state index in [-0.39, 0.29) is 25.2 Å². The number of ether oxygens (including phenoxy) is 4. The van der Waals surface area contributed by atoms with Gasteiger partial charge in [0.05, 0.1) is 14.2 Å². The monoisotopic (exact) mass is 536 g/mol. The molecule has 0 atom stereocenters. The summed E-state index contributed by atoms with van der Waals surface area (Å²) in [6.45, 7) is 4.92. The van der Waals surface area contributed by atoms with Gasteiger partial charge in [-0.1, -0.05) is 38.1 Å². The predicted molar refractivity (Wildman–Crippen MR) is 151 cm³/mol. The van der Waals surface area contributed by atoms with E-state index in [0.29, 0.717) is 28.7 Å². The summed E-state index contributed by atoms with van der Waals surface area (Å²) >= 11 is 0. The van der Waals surface area contributed by atoms with Gasteiger partial charge in [0, 0.05) is 0 Å². The first kappa shape index (κ1) is 29.0. The van der Waals surface area contributed by atoms with Gasteiger partial charge in [0.15, 0.2) is 13.2 Å². The number of methoxy groups -OCH3 is 2. The molecule has 2 saturated carbocycles. The Morgan fingerprint density at radius 2 is 0.949 bits per heavy atom. The smallest absolute Gasteiger partial charge is 0.343 e. The van der Waals surface area contributed by atoms with Crippen molar-refractivity contribution in [2.45, 2.75) is 77.0 Å². The van der Waals surface area contributed by atoms with Gasteiger partial charge in [0.25, 0.3) is 0 Å². The first-order chi connectivity index (χ1) is 18.8. The number of hydrogen-bond acceptors (Lipinski definition) is 6. The van der Waals surface area contributed by atoms with Crippen LogP contribution in [-0.2, 0) is 19.1 Å². The van der Waals surface area contributed by atoms with Crippen LogP contribution in [0.1, 0.15) is 88.2 Å². The van der Waals surface area contributed by atoms with Gasteiger partial charge in [-0.05, 0) is 116 Å². The van der Waals surface area contributed by atoms with Crippen LogP contribution in [0.25, 0.3) is 0 Å². The van der Waals surface area contributed by atoms with E-state index in [9.17, 15) is 9.59 Å². The summed E-state index contributed by atoms with van der Waals surface area (Å²) < 4.78 is 20.3. The Balaban J connectivity index is 1.23. The molecule has 6 nitrogen and oxygen atoms in total. The van der Waals surface area contributed by atoms with Crippen molar-refractivity contribution in [3.8, 4) is 11.5 Å². The Morgan fingerprint density at radius 1 is 0.615 bits per heavy atom. The van der Waals surface area contributed by atoms with Crippen LogP contribution in [0.2, 0.25) is 0 Å². The average Bonchev–Trinajstić information content (AvgIpc) is 2.99. The molecule has 0 unspecified atom stereocenters. The van der Waals surface area contributed by atoms with E-state index >= 15 is 0 Å². The van der Waals surface area contributed by atoms with Crippen LogP contribution in [0.5, 0.6) is 11.5 Å². The minimum atomic E-state index is -0.369. The molecule has 0 saturated heterocycles. The Morgan fingerprint density at radius 3 is 1.26 bits per heavy atom. The lowest BCUT2D eigenvalue weighted by molar-refractivity contribution is -0.143. The maximum absolute atomic E-state index is 11.3. The third kappa shape index (κ3) is 7.55. The Labute approximate surface area is 233 Å². The first-order valence-electron chi connectivity index (χ1n) is 14.4. The molecule has 39 heavy (non-hydrogen) atoms. The lowest BCUT2D eigenvalue weighted by Crippen LogP contribution is -2.36. The molecule has 6 heteroatoms. The molecule has 0 amide bonds. The number of esters is 2. The first-order valence-corrected chi connectivity index (χ1v) is 14.4. The van der Waals surface area contributed by atoms with Gasteiger partial charge in [-0.2, -0.15) is 0 Å². The van der Waals surface area contributed by atoms with E-state index in [4.69, 9.17) is 9.47 Å². The summed E-state index contributed by atoms with van der Waals surface area (Å²) in [5.74, 6) is 3.41. The molecule has 4 rings (SSSR count). The van der Waals surface area contributed by atoms with E-state index in [1.165, 1.54) is 76.7 Å². The maximum atomic E-state index is 11.3. The highest BCUT2D eigenvalue weighted by Gasteiger charge is 2.40. The molecule has 0 N–H and O–H groups in total. The predicted octanol–water partition coefficient (Wildman–Crippen LogP) is 7.06. The zero-order valence-electron chi connectivity index (χ0n) is 23.9. The molecule has 212 valence electrons. The lowest BCUT2D eigenvalue weighted by Gasteiger charge is -2.47. The summed E-state index contributed by atoms with van der Waals surface area (Å²) in [7, 11) is 2.73. The molecule has 2 aliphatic rings. The van der Waals surface area contributed by atoms with Crippen LogP contribution in [0.15, 0.2) is 48.5 Å². The SMILES string of the molecule is COC(=O)COc1ccc(C2CCC(C(C)(C)C3CCC(c4ccc(OCC(=O)OC)cc4)CC3)CC2)cc1. The van der Waals surface area contributed by atoms with Crippen molar-refractivity contribution in [2.24, 2.45) is 17.3 Å². The fraction of sp³-hybridized carbons (Fsp3) is 0.576. The lowest BCUT2D eigenvalue weighted by atomic mass is 9.58. The standard InChI is InChI=1S/C33H44O6/c1-33(2,27-13-5-23(6-14-27)25-9-17-29(18-10-25)38-21-31(34)36-3)28-15-7-24(8-16-28)26-11-19-30(20-12-26)39-22-32(35)37-4/h9-12,17-20,23-24,27-28H,5-8,13-16,21-22H2,1-4H3. The average molecular weight is 537 g/mol. The zero-order chi connectivity index (χ0) is 27.8. The summed E-state index contributed by atoms with van der Waals surface area (Å²) in [6.07, 6.45) is 10.1. The molecule has 0 spiro atoms. The second-order valence-electron chi connectivity index (χ2n) is 11.8. The third-order valence-electron chi connectivity index (χ3n) is 9.43. The Kier molecular flexibility index (Phi) is 9.93. The van der Waals surface area contributed by atoms with Crippen LogP contribution < -0.4 is 9.47 Å². The van der Waals surface area contributed by atoms with Crippen LogP contribution in [0.3, 0.4) is 0 Å². The molecule has 0 aliphatic heterocycles. The topological polar surface area (TPSA) is 71.1 Å². The minimum absolute atomic E-state index is 0.0579. The van der Waals surface area contributed by atoms with Crippen LogP contribution in [0.4, 0.5) is 0 Å². The summed E-state index contributed by atoms with van der Waals surface area (Å²) in [6, 6.07) is 16.5. The van der Waals surface area contributed by atoms with E-state index in [1.54, 1.807) is 0 Å². The normalized spacial score (nSPS) is 23.5. The van der Waals surface area contributed by atoms with Crippen LogP contribution >= 0.6 is 0 Å². The highest BCUT2D eigenvalue weighted by Crippen LogP contribution is 2.52. The second kappa shape index (κ2) is 13.4. The zero-order valence-corrected chi connectivity index (χ0v) is 23.9. The molecular weight excluding hydrogens is 492 g/mol. The highest BCUT2D eigenvalue weighted by atomic mass is 16.6. The number of hydrogen-bond donors (Lipinski definition) is 0. The molecule has 0 bridgehead atoms. The fourth-order valence-electron chi connectivity index (χ4n) is 6.75. The van der Waals surface area contributed by atoms with E-state index in [0.717, 1.165) is 11.8 Å². The van der Waals surface area contributed by atoms with Crippen LogP contribution in [0, 0.1) is 17.3 Å². The van der Waals surface area contributed by atoms with Crippen LogP contribution in [-0.4, -0.2) is 39.4 Å². The molecule has 0 heterocycles. The number of rotatable bonds is 10.